The molecule has 132 valence electrons. The van der Waals surface area contributed by atoms with Crippen LogP contribution in [0.5, 0.6) is 0 Å². The third-order valence-electron chi connectivity index (χ3n) is 4.38. The molecule has 5 nitrogen and oxygen atoms in total. The van der Waals surface area contributed by atoms with Crippen LogP contribution >= 0.6 is 0 Å². The molecule has 2 aromatic rings. The van der Waals surface area contributed by atoms with Crippen molar-refractivity contribution in [3.05, 3.63) is 59.2 Å². The SMILES string of the molecule is C/C(=C/C(=O)N1CCN(Cc2cc(C)no2)CC1)c1ccc(F)cc1. The van der Waals surface area contributed by atoms with Crippen molar-refractivity contribution >= 4 is 11.5 Å². The number of hydrogen-bond donors (Lipinski definition) is 0. The summed E-state index contributed by atoms with van der Waals surface area (Å²) in [5.41, 5.74) is 2.57. The lowest BCUT2D eigenvalue weighted by atomic mass is 10.1. The Morgan fingerprint density at radius 3 is 2.52 bits per heavy atom. The van der Waals surface area contributed by atoms with Crippen LogP contribution in [0.1, 0.15) is 23.9 Å². The van der Waals surface area contributed by atoms with Crippen LogP contribution < -0.4 is 0 Å². The zero-order valence-electron chi connectivity index (χ0n) is 14.5. The summed E-state index contributed by atoms with van der Waals surface area (Å²) in [5.74, 6) is 0.572. The van der Waals surface area contributed by atoms with Crippen LogP contribution in [0.3, 0.4) is 0 Å². The van der Waals surface area contributed by atoms with Crippen LogP contribution in [0.15, 0.2) is 40.9 Å². The number of allylic oxidation sites excluding steroid dienone is 1. The molecule has 0 N–H and O–H groups in total. The van der Waals surface area contributed by atoms with Gasteiger partial charge in [-0.3, -0.25) is 9.69 Å². The van der Waals surface area contributed by atoms with Gasteiger partial charge in [-0.05, 0) is 37.1 Å². The number of amides is 1. The van der Waals surface area contributed by atoms with Crippen molar-refractivity contribution in [2.45, 2.75) is 20.4 Å². The van der Waals surface area contributed by atoms with Crippen molar-refractivity contribution < 1.29 is 13.7 Å². The number of benzene rings is 1. The number of halogens is 1. The van der Waals surface area contributed by atoms with Crippen LogP contribution in [0, 0.1) is 12.7 Å². The molecule has 0 saturated carbocycles. The predicted molar refractivity (Wildman–Crippen MR) is 93.1 cm³/mol. The highest BCUT2D eigenvalue weighted by molar-refractivity contribution is 5.94. The average Bonchev–Trinajstić information content (AvgIpc) is 3.01. The van der Waals surface area contributed by atoms with Gasteiger partial charge in [0.05, 0.1) is 12.2 Å². The minimum atomic E-state index is -0.277. The summed E-state index contributed by atoms with van der Waals surface area (Å²) in [6, 6.07) is 8.12. The fraction of sp³-hybridized carbons (Fsp3) is 0.368. The van der Waals surface area contributed by atoms with Crippen molar-refractivity contribution in [3.8, 4) is 0 Å². The van der Waals surface area contributed by atoms with E-state index in [1.54, 1.807) is 18.2 Å². The fourth-order valence-electron chi connectivity index (χ4n) is 2.91. The first-order chi connectivity index (χ1) is 12.0. The first kappa shape index (κ1) is 17.4. The maximum absolute atomic E-state index is 13.0. The molecule has 6 heteroatoms. The monoisotopic (exact) mass is 343 g/mol. The van der Waals surface area contributed by atoms with Gasteiger partial charge in [-0.25, -0.2) is 4.39 Å². The molecule has 0 unspecified atom stereocenters. The van der Waals surface area contributed by atoms with Crippen LogP contribution in [0.25, 0.3) is 5.57 Å². The summed E-state index contributed by atoms with van der Waals surface area (Å²) in [7, 11) is 0. The lowest BCUT2D eigenvalue weighted by Gasteiger charge is -2.33. The second-order valence-corrected chi connectivity index (χ2v) is 6.37. The Morgan fingerprint density at radius 1 is 1.24 bits per heavy atom. The van der Waals surface area contributed by atoms with Gasteiger partial charge in [0.15, 0.2) is 5.76 Å². The smallest absolute Gasteiger partial charge is 0.246 e. The second kappa shape index (κ2) is 7.61. The zero-order valence-corrected chi connectivity index (χ0v) is 14.5. The zero-order chi connectivity index (χ0) is 17.8. The van der Waals surface area contributed by atoms with E-state index in [9.17, 15) is 9.18 Å². The molecule has 0 aliphatic carbocycles. The molecule has 1 aliphatic rings. The molecule has 1 amide bonds. The maximum Gasteiger partial charge on any atom is 0.246 e. The highest BCUT2D eigenvalue weighted by atomic mass is 19.1. The lowest BCUT2D eigenvalue weighted by Crippen LogP contribution is -2.47. The average molecular weight is 343 g/mol. The Bertz CT molecular complexity index is 759. The van der Waals surface area contributed by atoms with Gasteiger partial charge in [-0.2, -0.15) is 0 Å². The molecule has 1 aliphatic heterocycles. The molecule has 1 saturated heterocycles. The van der Waals surface area contributed by atoms with Crippen molar-refractivity contribution in [3.63, 3.8) is 0 Å². The van der Waals surface area contributed by atoms with Gasteiger partial charge in [0, 0.05) is 38.3 Å². The van der Waals surface area contributed by atoms with Gasteiger partial charge < -0.3 is 9.42 Å². The van der Waals surface area contributed by atoms with Gasteiger partial charge in [-0.1, -0.05) is 17.3 Å². The molecule has 1 aromatic heterocycles. The molecule has 0 radical (unpaired) electrons. The first-order valence-corrected chi connectivity index (χ1v) is 8.39. The molecule has 2 heterocycles. The van der Waals surface area contributed by atoms with Crippen molar-refractivity contribution in [1.29, 1.82) is 0 Å². The van der Waals surface area contributed by atoms with E-state index in [-0.39, 0.29) is 11.7 Å². The summed E-state index contributed by atoms with van der Waals surface area (Å²) >= 11 is 0. The van der Waals surface area contributed by atoms with E-state index in [2.05, 4.69) is 10.1 Å². The number of piperazine rings is 1. The summed E-state index contributed by atoms with van der Waals surface area (Å²) in [5, 5.41) is 3.89. The summed E-state index contributed by atoms with van der Waals surface area (Å²) in [6.07, 6.45) is 1.63. The Morgan fingerprint density at radius 2 is 1.92 bits per heavy atom. The normalized spacial score (nSPS) is 16.3. The first-order valence-electron chi connectivity index (χ1n) is 8.39. The number of hydrogen-bond acceptors (Lipinski definition) is 4. The third-order valence-corrected chi connectivity index (χ3v) is 4.38. The number of carbonyl (C=O) groups excluding carboxylic acids is 1. The molecule has 1 fully saturated rings. The van der Waals surface area contributed by atoms with Crippen molar-refractivity contribution in [1.82, 2.24) is 15.0 Å². The van der Waals surface area contributed by atoms with Gasteiger partial charge in [0.2, 0.25) is 5.91 Å². The van der Waals surface area contributed by atoms with Gasteiger partial charge in [0.1, 0.15) is 5.82 Å². The van der Waals surface area contributed by atoms with Crippen LogP contribution in [0.4, 0.5) is 4.39 Å². The number of aryl methyl sites for hydroxylation is 1. The van der Waals surface area contributed by atoms with Gasteiger partial charge in [0.25, 0.3) is 0 Å². The van der Waals surface area contributed by atoms with E-state index in [1.165, 1.54) is 12.1 Å². The van der Waals surface area contributed by atoms with E-state index in [0.29, 0.717) is 19.6 Å². The molecule has 1 aromatic carbocycles. The minimum Gasteiger partial charge on any atom is -0.360 e. The summed E-state index contributed by atoms with van der Waals surface area (Å²) in [4.78, 5) is 16.5. The number of rotatable bonds is 4. The molecular formula is C19H22FN3O2. The molecule has 0 bridgehead atoms. The predicted octanol–water partition coefficient (Wildman–Crippen LogP) is 2.87. The molecule has 0 atom stereocenters. The van der Waals surface area contributed by atoms with E-state index in [4.69, 9.17) is 4.52 Å². The molecular weight excluding hydrogens is 321 g/mol. The minimum absolute atomic E-state index is 0.00279. The Balaban J connectivity index is 1.54. The highest BCUT2D eigenvalue weighted by Crippen LogP contribution is 2.16. The van der Waals surface area contributed by atoms with E-state index >= 15 is 0 Å². The molecule has 25 heavy (non-hydrogen) atoms. The molecule has 0 spiro atoms. The van der Waals surface area contributed by atoms with Crippen LogP contribution in [-0.4, -0.2) is 47.0 Å². The number of nitrogens with zero attached hydrogens (tertiary/aromatic N) is 3. The van der Waals surface area contributed by atoms with Crippen molar-refractivity contribution in [2.75, 3.05) is 26.2 Å². The van der Waals surface area contributed by atoms with Crippen LogP contribution in [-0.2, 0) is 11.3 Å². The Hall–Kier alpha value is -2.47. The topological polar surface area (TPSA) is 49.6 Å². The van der Waals surface area contributed by atoms with Gasteiger partial charge in [-0.15, -0.1) is 0 Å². The number of carbonyl (C=O) groups is 1. The highest BCUT2D eigenvalue weighted by Gasteiger charge is 2.21. The lowest BCUT2D eigenvalue weighted by molar-refractivity contribution is -0.127. The van der Waals surface area contributed by atoms with E-state index < -0.39 is 0 Å². The number of aromatic nitrogens is 1. The largest absolute Gasteiger partial charge is 0.360 e. The fourth-order valence-corrected chi connectivity index (χ4v) is 2.91. The maximum atomic E-state index is 13.0. The second-order valence-electron chi connectivity index (χ2n) is 6.37. The van der Waals surface area contributed by atoms with E-state index in [0.717, 1.165) is 35.7 Å². The Labute approximate surface area is 146 Å². The summed E-state index contributed by atoms with van der Waals surface area (Å²) in [6.45, 7) is 7.45. The van der Waals surface area contributed by atoms with Crippen LogP contribution in [0.2, 0.25) is 0 Å². The third kappa shape index (κ3) is 4.54. The standard InChI is InChI=1S/C19H22FN3O2/c1-14(16-3-5-17(20)6-4-16)11-19(24)23-9-7-22(8-10-23)13-18-12-15(2)21-25-18/h3-6,11-12H,7-10,13H2,1-2H3/b14-11-. The summed E-state index contributed by atoms with van der Waals surface area (Å²) < 4.78 is 18.2. The quantitative estimate of drug-likeness (QED) is 0.801. The van der Waals surface area contributed by atoms with Gasteiger partial charge >= 0.3 is 0 Å². The Kier molecular flexibility index (Phi) is 5.28. The van der Waals surface area contributed by atoms with E-state index in [1.807, 2.05) is 24.8 Å². The van der Waals surface area contributed by atoms with Crippen molar-refractivity contribution in [2.24, 2.45) is 0 Å². The molecule has 3 rings (SSSR count).